The van der Waals surface area contributed by atoms with E-state index >= 15 is 0 Å². The van der Waals surface area contributed by atoms with Crippen LogP contribution in [-0.4, -0.2) is 22.8 Å². The van der Waals surface area contributed by atoms with E-state index in [-0.39, 0.29) is 0 Å². The molecule has 1 aliphatic rings. The molecule has 2 aromatic rings. The first kappa shape index (κ1) is 12.1. The number of benzene rings is 1. The van der Waals surface area contributed by atoms with Crippen molar-refractivity contribution in [3.8, 4) is 0 Å². The van der Waals surface area contributed by atoms with Gasteiger partial charge in [0.1, 0.15) is 0 Å². The second-order valence-corrected chi connectivity index (χ2v) is 5.38. The van der Waals surface area contributed by atoms with Crippen molar-refractivity contribution >= 4 is 40.2 Å². The molecule has 6 heteroatoms. The molecule has 1 saturated heterocycles. The Hall–Kier alpha value is -0.970. The van der Waals surface area contributed by atoms with Gasteiger partial charge in [0.2, 0.25) is 5.95 Å². The second-order valence-electron chi connectivity index (χ2n) is 4.57. The van der Waals surface area contributed by atoms with E-state index in [2.05, 4.69) is 4.98 Å². The molecule has 0 spiro atoms. The fourth-order valence-corrected chi connectivity index (χ4v) is 2.63. The quantitative estimate of drug-likeness (QED) is 0.923. The number of hydrogen-bond donors (Lipinski definition) is 1. The van der Waals surface area contributed by atoms with Crippen LogP contribution in [0.3, 0.4) is 0 Å². The van der Waals surface area contributed by atoms with Gasteiger partial charge in [-0.25, -0.2) is 4.98 Å². The predicted molar refractivity (Wildman–Crippen MR) is 73.1 cm³/mol. The molecular formula is C12H13Cl2N3O. The molecule has 0 saturated carbocycles. The van der Waals surface area contributed by atoms with Crippen LogP contribution in [-0.2, 0) is 11.3 Å². The molecule has 0 aliphatic carbocycles. The molecule has 1 fully saturated rings. The van der Waals surface area contributed by atoms with Crippen LogP contribution in [0.15, 0.2) is 12.1 Å². The summed E-state index contributed by atoms with van der Waals surface area (Å²) in [6.45, 7) is 2.41. The summed E-state index contributed by atoms with van der Waals surface area (Å²) in [6, 6.07) is 3.57. The Bertz CT molecular complexity index is 591. The van der Waals surface area contributed by atoms with Crippen LogP contribution in [0.4, 0.5) is 5.95 Å². The maximum absolute atomic E-state index is 6.05. The number of nitrogens with two attached hydrogens (primary N) is 1. The van der Waals surface area contributed by atoms with Crippen LogP contribution >= 0.6 is 23.2 Å². The summed E-state index contributed by atoms with van der Waals surface area (Å²) in [6.07, 6.45) is 1.06. The average Bonchev–Trinajstić information content (AvgIpc) is 2.92. The summed E-state index contributed by atoms with van der Waals surface area (Å²) in [5.74, 6) is 0.981. The summed E-state index contributed by atoms with van der Waals surface area (Å²) in [7, 11) is 0. The lowest BCUT2D eigenvalue weighted by atomic mass is 10.1. The molecule has 0 radical (unpaired) electrons. The Morgan fingerprint density at radius 2 is 2.17 bits per heavy atom. The molecule has 0 amide bonds. The second kappa shape index (κ2) is 4.61. The van der Waals surface area contributed by atoms with Crippen LogP contribution in [0.1, 0.15) is 6.42 Å². The maximum atomic E-state index is 6.05. The van der Waals surface area contributed by atoms with E-state index in [1.54, 1.807) is 6.07 Å². The van der Waals surface area contributed by atoms with E-state index in [4.69, 9.17) is 33.7 Å². The molecule has 4 nitrogen and oxygen atoms in total. The van der Waals surface area contributed by atoms with Crippen molar-refractivity contribution in [3.63, 3.8) is 0 Å². The monoisotopic (exact) mass is 285 g/mol. The minimum atomic E-state index is 0.485. The summed E-state index contributed by atoms with van der Waals surface area (Å²) in [4.78, 5) is 4.31. The van der Waals surface area contributed by atoms with Gasteiger partial charge in [-0.15, -0.1) is 0 Å². The zero-order valence-corrected chi connectivity index (χ0v) is 11.2. The van der Waals surface area contributed by atoms with Crippen LogP contribution in [0, 0.1) is 5.92 Å². The third-order valence-electron chi connectivity index (χ3n) is 3.28. The van der Waals surface area contributed by atoms with Crippen molar-refractivity contribution < 1.29 is 4.74 Å². The van der Waals surface area contributed by atoms with E-state index in [9.17, 15) is 0 Å². The van der Waals surface area contributed by atoms with Crippen molar-refractivity contribution in [3.05, 3.63) is 22.2 Å². The first-order chi connectivity index (χ1) is 8.65. The zero-order valence-electron chi connectivity index (χ0n) is 9.70. The lowest BCUT2D eigenvalue weighted by Gasteiger charge is -2.11. The van der Waals surface area contributed by atoms with Gasteiger partial charge in [0.05, 0.1) is 27.7 Å². The van der Waals surface area contributed by atoms with E-state index in [1.807, 2.05) is 10.6 Å². The summed E-state index contributed by atoms with van der Waals surface area (Å²) in [5, 5.41) is 1.02. The number of anilines is 1. The van der Waals surface area contributed by atoms with Gasteiger partial charge in [0.25, 0.3) is 0 Å². The molecule has 2 N–H and O–H groups in total. The van der Waals surface area contributed by atoms with E-state index < -0.39 is 0 Å². The number of halogens is 2. The first-order valence-electron chi connectivity index (χ1n) is 5.83. The molecule has 1 aliphatic heterocycles. The minimum absolute atomic E-state index is 0.485. The van der Waals surface area contributed by atoms with Gasteiger partial charge in [-0.05, 0) is 18.6 Å². The number of aromatic nitrogens is 2. The Morgan fingerprint density at radius 1 is 1.39 bits per heavy atom. The van der Waals surface area contributed by atoms with Crippen LogP contribution in [0.5, 0.6) is 0 Å². The molecule has 2 heterocycles. The average molecular weight is 286 g/mol. The van der Waals surface area contributed by atoms with Crippen LogP contribution < -0.4 is 5.73 Å². The number of nitrogens with zero attached hydrogens (tertiary/aromatic N) is 2. The van der Waals surface area contributed by atoms with Crippen molar-refractivity contribution in [1.29, 1.82) is 0 Å². The van der Waals surface area contributed by atoms with Crippen molar-refractivity contribution in [1.82, 2.24) is 9.55 Å². The number of imidazole rings is 1. The normalized spacial score (nSPS) is 19.8. The molecule has 1 atom stereocenters. The van der Waals surface area contributed by atoms with Crippen molar-refractivity contribution in [2.45, 2.75) is 13.0 Å². The number of ether oxygens (including phenoxy) is 1. The maximum Gasteiger partial charge on any atom is 0.201 e. The lowest BCUT2D eigenvalue weighted by molar-refractivity contribution is 0.183. The molecule has 0 bridgehead atoms. The van der Waals surface area contributed by atoms with E-state index in [1.165, 1.54) is 0 Å². The van der Waals surface area contributed by atoms with Crippen molar-refractivity contribution in [2.75, 3.05) is 18.9 Å². The Balaban J connectivity index is 2.04. The zero-order chi connectivity index (χ0) is 12.7. The smallest absolute Gasteiger partial charge is 0.201 e. The van der Waals surface area contributed by atoms with Crippen LogP contribution in [0.25, 0.3) is 11.0 Å². The van der Waals surface area contributed by atoms with E-state index in [0.717, 1.165) is 37.2 Å². The predicted octanol–water partition coefficient (Wildman–Crippen LogP) is 2.96. The molecule has 1 aromatic heterocycles. The summed E-state index contributed by atoms with van der Waals surface area (Å²) in [5.41, 5.74) is 7.66. The van der Waals surface area contributed by atoms with Gasteiger partial charge in [0, 0.05) is 19.1 Å². The highest BCUT2D eigenvalue weighted by atomic mass is 35.5. The molecule has 18 heavy (non-hydrogen) atoms. The molecular weight excluding hydrogens is 273 g/mol. The van der Waals surface area contributed by atoms with Gasteiger partial charge in [0.15, 0.2) is 0 Å². The van der Waals surface area contributed by atoms with Gasteiger partial charge in [-0.3, -0.25) is 0 Å². The number of nitrogen functional groups attached to an aromatic ring is 1. The van der Waals surface area contributed by atoms with Crippen molar-refractivity contribution in [2.24, 2.45) is 5.92 Å². The highest BCUT2D eigenvalue weighted by Crippen LogP contribution is 2.30. The van der Waals surface area contributed by atoms with E-state index in [0.29, 0.717) is 21.9 Å². The molecule has 3 rings (SSSR count). The van der Waals surface area contributed by atoms with Gasteiger partial charge in [-0.2, -0.15) is 0 Å². The SMILES string of the molecule is Nc1nc2cc(Cl)c(Cl)cc2n1CC1CCOC1. The van der Waals surface area contributed by atoms with Crippen LogP contribution in [0.2, 0.25) is 10.0 Å². The third kappa shape index (κ3) is 2.05. The Kier molecular flexibility index (Phi) is 3.09. The van der Waals surface area contributed by atoms with Gasteiger partial charge < -0.3 is 15.0 Å². The third-order valence-corrected chi connectivity index (χ3v) is 4.01. The topological polar surface area (TPSA) is 53.1 Å². The van der Waals surface area contributed by atoms with Gasteiger partial charge in [-0.1, -0.05) is 23.2 Å². The fourth-order valence-electron chi connectivity index (χ4n) is 2.32. The Morgan fingerprint density at radius 3 is 2.89 bits per heavy atom. The fraction of sp³-hybridized carbons (Fsp3) is 0.417. The number of fused-ring (bicyclic) bond motifs is 1. The Labute approximate surface area is 115 Å². The highest BCUT2D eigenvalue weighted by molar-refractivity contribution is 6.42. The minimum Gasteiger partial charge on any atom is -0.381 e. The summed E-state index contributed by atoms with van der Waals surface area (Å²) < 4.78 is 7.36. The molecule has 1 aromatic carbocycles. The largest absolute Gasteiger partial charge is 0.381 e. The highest BCUT2D eigenvalue weighted by Gasteiger charge is 2.19. The molecule has 96 valence electrons. The number of rotatable bonds is 2. The number of hydrogen-bond acceptors (Lipinski definition) is 3. The standard InChI is InChI=1S/C12H13Cl2N3O/c13-8-3-10-11(4-9(8)14)17(12(15)16-10)5-7-1-2-18-6-7/h3-4,7H,1-2,5-6H2,(H2,15,16). The summed E-state index contributed by atoms with van der Waals surface area (Å²) >= 11 is 12.0. The molecule has 1 unspecified atom stereocenters. The van der Waals surface area contributed by atoms with Gasteiger partial charge >= 0.3 is 0 Å². The lowest BCUT2D eigenvalue weighted by Crippen LogP contribution is -2.12. The first-order valence-corrected chi connectivity index (χ1v) is 6.59.